The Labute approximate surface area is 144 Å². The highest BCUT2D eigenvalue weighted by molar-refractivity contribution is 5.68. The van der Waals surface area contributed by atoms with Gasteiger partial charge in [0, 0.05) is 13.1 Å². The van der Waals surface area contributed by atoms with Crippen molar-refractivity contribution in [3.05, 3.63) is 23.8 Å². The van der Waals surface area contributed by atoms with Crippen LogP contribution in [0.15, 0.2) is 18.2 Å². The number of rotatable bonds is 8. The Balaban J connectivity index is 2.75. The van der Waals surface area contributed by atoms with Crippen molar-refractivity contribution in [1.82, 2.24) is 4.90 Å². The fourth-order valence-electron chi connectivity index (χ4n) is 2.20. The lowest BCUT2D eigenvalue weighted by atomic mass is 10.1. The fourth-order valence-corrected chi connectivity index (χ4v) is 2.20. The first-order valence-corrected chi connectivity index (χ1v) is 8.19. The lowest BCUT2D eigenvalue weighted by Gasteiger charge is -2.27. The van der Waals surface area contributed by atoms with Crippen LogP contribution in [0.5, 0.6) is 11.5 Å². The Hall–Kier alpha value is -1.95. The molecule has 1 amide bonds. The van der Waals surface area contributed by atoms with E-state index in [9.17, 15) is 4.79 Å². The number of nitrogens with two attached hydrogens (primary N) is 1. The Morgan fingerprint density at radius 1 is 1.12 bits per heavy atom. The summed E-state index contributed by atoms with van der Waals surface area (Å²) < 4.78 is 16.0. The second-order valence-electron chi connectivity index (χ2n) is 6.55. The molecule has 6 nitrogen and oxygen atoms in total. The Kier molecular flexibility index (Phi) is 7.85. The molecule has 6 heteroatoms. The number of benzene rings is 1. The molecule has 0 saturated carbocycles. The monoisotopic (exact) mass is 338 g/mol. The number of nitrogens with zero attached hydrogens (tertiary/aromatic N) is 1. The molecule has 0 atom stereocenters. The lowest BCUT2D eigenvalue weighted by Crippen LogP contribution is -2.39. The van der Waals surface area contributed by atoms with Crippen LogP contribution in [0.4, 0.5) is 4.79 Å². The van der Waals surface area contributed by atoms with Gasteiger partial charge in [-0.15, -0.1) is 0 Å². The van der Waals surface area contributed by atoms with Crippen LogP contribution in [-0.4, -0.2) is 50.4 Å². The first-order valence-electron chi connectivity index (χ1n) is 8.19. The second kappa shape index (κ2) is 9.37. The van der Waals surface area contributed by atoms with E-state index in [-0.39, 0.29) is 6.09 Å². The third kappa shape index (κ3) is 6.66. The highest BCUT2D eigenvalue weighted by Gasteiger charge is 2.21. The molecule has 0 aliphatic heterocycles. The third-order valence-electron chi connectivity index (χ3n) is 3.40. The number of methoxy groups -OCH3 is 2. The molecule has 0 spiro atoms. The molecule has 24 heavy (non-hydrogen) atoms. The molecule has 0 radical (unpaired) electrons. The standard InChI is InChI=1S/C18H30N2O4/c1-18(2,3)24-17(21)20(11-6-10-19)12-9-14-7-8-15(22-4)16(13-14)23-5/h7-8,13H,6,9-12,19H2,1-5H3. The molecule has 0 aliphatic carbocycles. The van der Waals surface area contributed by atoms with Gasteiger partial charge in [-0.2, -0.15) is 0 Å². The zero-order valence-corrected chi connectivity index (χ0v) is 15.4. The Bertz CT molecular complexity index is 526. The van der Waals surface area contributed by atoms with Gasteiger partial charge in [0.2, 0.25) is 0 Å². The summed E-state index contributed by atoms with van der Waals surface area (Å²) in [6, 6.07) is 5.76. The van der Waals surface area contributed by atoms with Gasteiger partial charge < -0.3 is 24.8 Å². The van der Waals surface area contributed by atoms with Crippen LogP contribution in [0.2, 0.25) is 0 Å². The van der Waals surface area contributed by atoms with E-state index in [1.54, 1.807) is 19.1 Å². The van der Waals surface area contributed by atoms with Crippen molar-refractivity contribution < 1.29 is 19.0 Å². The molecular weight excluding hydrogens is 308 g/mol. The zero-order chi connectivity index (χ0) is 18.2. The average molecular weight is 338 g/mol. The summed E-state index contributed by atoms with van der Waals surface area (Å²) >= 11 is 0. The van der Waals surface area contributed by atoms with Crippen molar-refractivity contribution in [1.29, 1.82) is 0 Å². The molecule has 1 aromatic carbocycles. The summed E-state index contributed by atoms with van der Waals surface area (Å²) in [6.45, 7) is 7.26. The van der Waals surface area contributed by atoms with Gasteiger partial charge >= 0.3 is 6.09 Å². The first-order chi connectivity index (χ1) is 11.3. The predicted octanol–water partition coefficient (Wildman–Crippen LogP) is 2.83. The third-order valence-corrected chi connectivity index (χ3v) is 3.40. The van der Waals surface area contributed by atoms with Gasteiger partial charge in [0.15, 0.2) is 11.5 Å². The van der Waals surface area contributed by atoms with Crippen LogP contribution >= 0.6 is 0 Å². The predicted molar refractivity (Wildman–Crippen MR) is 94.7 cm³/mol. The van der Waals surface area contributed by atoms with Crippen LogP contribution in [0.25, 0.3) is 0 Å². The van der Waals surface area contributed by atoms with Crippen LogP contribution in [0.3, 0.4) is 0 Å². The number of amides is 1. The quantitative estimate of drug-likeness (QED) is 0.789. The molecule has 136 valence electrons. The highest BCUT2D eigenvalue weighted by Crippen LogP contribution is 2.27. The molecule has 1 aromatic rings. The number of carbonyl (C=O) groups excluding carboxylic acids is 1. The van der Waals surface area contributed by atoms with E-state index in [1.807, 2.05) is 39.0 Å². The van der Waals surface area contributed by atoms with Crippen molar-refractivity contribution in [2.45, 2.75) is 39.2 Å². The maximum absolute atomic E-state index is 12.3. The minimum absolute atomic E-state index is 0.309. The van der Waals surface area contributed by atoms with E-state index in [0.29, 0.717) is 37.6 Å². The minimum atomic E-state index is -0.513. The number of carbonyl (C=O) groups is 1. The van der Waals surface area contributed by atoms with Crippen LogP contribution < -0.4 is 15.2 Å². The Morgan fingerprint density at radius 2 is 1.79 bits per heavy atom. The normalized spacial score (nSPS) is 11.1. The smallest absolute Gasteiger partial charge is 0.410 e. The lowest BCUT2D eigenvalue weighted by molar-refractivity contribution is 0.0251. The number of hydrogen-bond acceptors (Lipinski definition) is 5. The molecule has 1 rings (SSSR count). The molecule has 0 bridgehead atoms. The van der Waals surface area contributed by atoms with E-state index in [1.165, 1.54) is 0 Å². The highest BCUT2D eigenvalue weighted by atomic mass is 16.6. The topological polar surface area (TPSA) is 74.0 Å². The van der Waals surface area contributed by atoms with E-state index in [4.69, 9.17) is 19.9 Å². The summed E-state index contributed by atoms with van der Waals surface area (Å²) in [5, 5.41) is 0. The average Bonchev–Trinajstić information content (AvgIpc) is 2.52. The van der Waals surface area contributed by atoms with Gasteiger partial charge in [-0.25, -0.2) is 4.79 Å². The van der Waals surface area contributed by atoms with Gasteiger partial charge in [0.25, 0.3) is 0 Å². The SMILES string of the molecule is COc1ccc(CCN(CCCN)C(=O)OC(C)(C)C)cc1OC. The first kappa shape index (κ1) is 20.1. The summed E-state index contributed by atoms with van der Waals surface area (Å²) in [6.07, 6.45) is 1.13. The Morgan fingerprint density at radius 3 is 2.33 bits per heavy atom. The van der Waals surface area contributed by atoms with Crippen molar-refractivity contribution in [3.63, 3.8) is 0 Å². The molecule has 0 heterocycles. The van der Waals surface area contributed by atoms with E-state index in [2.05, 4.69) is 0 Å². The van der Waals surface area contributed by atoms with Crippen molar-refractivity contribution in [3.8, 4) is 11.5 Å². The van der Waals surface area contributed by atoms with Gasteiger partial charge in [0.1, 0.15) is 5.60 Å². The minimum Gasteiger partial charge on any atom is -0.493 e. The number of ether oxygens (including phenoxy) is 3. The summed E-state index contributed by atoms with van der Waals surface area (Å²) in [5.41, 5.74) is 6.12. The summed E-state index contributed by atoms with van der Waals surface area (Å²) in [5.74, 6) is 1.37. The van der Waals surface area contributed by atoms with Gasteiger partial charge in [-0.1, -0.05) is 6.07 Å². The maximum atomic E-state index is 12.3. The van der Waals surface area contributed by atoms with Gasteiger partial charge in [-0.05, 0) is 57.9 Å². The number of hydrogen-bond donors (Lipinski definition) is 1. The van der Waals surface area contributed by atoms with Crippen LogP contribution in [0, 0.1) is 0 Å². The van der Waals surface area contributed by atoms with E-state index < -0.39 is 5.60 Å². The maximum Gasteiger partial charge on any atom is 0.410 e. The van der Waals surface area contributed by atoms with Crippen LogP contribution in [0.1, 0.15) is 32.8 Å². The second-order valence-corrected chi connectivity index (χ2v) is 6.55. The summed E-state index contributed by atoms with van der Waals surface area (Å²) in [4.78, 5) is 14.0. The summed E-state index contributed by atoms with van der Waals surface area (Å²) in [7, 11) is 3.21. The molecule has 0 aliphatic rings. The molecule has 0 aromatic heterocycles. The molecule has 0 saturated heterocycles. The van der Waals surface area contributed by atoms with Crippen molar-refractivity contribution in [2.75, 3.05) is 33.9 Å². The van der Waals surface area contributed by atoms with Crippen molar-refractivity contribution in [2.24, 2.45) is 5.73 Å². The molecule has 2 N–H and O–H groups in total. The van der Waals surface area contributed by atoms with Crippen molar-refractivity contribution >= 4 is 6.09 Å². The van der Waals surface area contributed by atoms with Gasteiger partial charge in [-0.3, -0.25) is 0 Å². The van der Waals surface area contributed by atoms with Gasteiger partial charge in [0.05, 0.1) is 14.2 Å². The largest absolute Gasteiger partial charge is 0.493 e. The molecule has 0 fully saturated rings. The zero-order valence-electron chi connectivity index (χ0n) is 15.4. The molecule has 0 unspecified atom stereocenters. The van der Waals surface area contributed by atoms with Crippen LogP contribution in [-0.2, 0) is 11.2 Å². The molecular formula is C18H30N2O4. The van der Waals surface area contributed by atoms with E-state index >= 15 is 0 Å². The van der Waals surface area contributed by atoms with E-state index in [0.717, 1.165) is 12.0 Å². The fraction of sp³-hybridized carbons (Fsp3) is 0.611.